The second-order valence-electron chi connectivity index (χ2n) is 6.37. The molecule has 2 aliphatic carbocycles. The van der Waals surface area contributed by atoms with Crippen LogP contribution in [0.15, 0.2) is 0 Å². The van der Waals surface area contributed by atoms with Crippen LogP contribution in [0, 0.1) is 17.8 Å². The van der Waals surface area contributed by atoms with E-state index in [0.29, 0.717) is 6.42 Å². The van der Waals surface area contributed by atoms with Crippen LogP contribution in [0.25, 0.3) is 0 Å². The van der Waals surface area contributed by atoms with E-state index in [0.717, 1.165) is 6.42 Å². The van der Waals surface area contributed by atoms with Gasteiger partial charge in [0.1, 0.15) is 19.3 Å². The lowest BCUT2D eigenvalue weighted by Crippen LogP contribution is -2.42. The average molecular weight is 388 g/mol. The van der Waals surface area contributed by atoms with Gasteiger partial charge in [-0.1, -0.05) is 0 Å². The molecule has 3 fully saturated rings. The summed E-state index contributed by atoms with van der Waals surface area (Å²) in [5.74, 6) is -1.53. The molecular formula is C13H15F3O8S. The van der Waals surface area contributed by atoms with Gasteiger partial charge in [0.05, 0.1) is 12.0 Å². The minimum absolute atomic E-state index is 0.0389. The van der Waals surface area contributed by atoms with Crippen LogP contribution in [0.2, 0.25) is 0 Å². The minimum atomic E-state index is -5.97. The normalized spacial score (nSPS) is 34.9. The van der Waals surface area contributed by atoms with Crippen molar-refractivity contribution in [1.29, 1.82) is 0 Å². The van der Waals surface area contributed by atoms with E-state index in [1.54, 1.807) is 0 Å². The van der Waals surface area contributed by atoms with Gasteiger partial charge in [-0.3, -0.25) is 9.35 Å². The molecule has 0 aromatic rings. The first-order chi connectivity index (χ1) is 11.5. The summed E-state index contributed by atoms with van der Waals surface area (Å²) < 4.78 is 82.9. The Balaban J connectivity index is 1.46. The first kappa shape index (κ1) is 18.4. The Morgan fingerprint density at radius 1 is 1.40 bits per heavy atom. The van der Waals surface area contributed by atoms with E-state index in [2.05, 4.69) is 4.74 Å². The molecule has 12 heteroatoms. The predicted molar refractivity (Wildman–Crippen MR) is 71.7 cm³/mol. The van der Waals surface area contributed by atoms with E-state index in [1.165, 1.54) is 0 Å². The number of rotatable bonds is 7. The number of carbonyl (C=O) groups excluding carboxylic acids is 2. The second kappa shape index (κ2) is 6.09. The van der Waals surface area contributed by atoms with E-state index < -0.39 is 52.9 Å². The van der Waals surface area contributed by atoms with Gasteiger partial charge in [0.15, 0.2) is 0 Å². The fraction of sp³-hybridized carbons (Fsp3) is 0.846. The lowest BCUT2D eigenvalue weighted by atomic mass is 9.88. The average Bonchev–Trinajstić information content (AvgIpc) is 3.12. The zero-order valence-electron chi connectivity index (χ0n) is 12.6. The van der Waals surface area contributed by atoms with Crippen molar-refractivity contribution in [3.05, 3.63) is 0 Å². The predicted octanol–water partition coefficient (Wildman–Crippen LogP) is 0.315. The van der Waals surface area contributed by atoms with Crippen molar-refractivity contribution in [3.63, 3.8) is 0 Å². The van der Waals surface area contributed by atoms with Crippen LogP contribution >= 0.6 is 0 Å². The quantitative estimate of drug-likeness (QED) is 0.490. The van der Waals surface area contributed by atoms with Gasteiger partial charge in [0.2, 0.25) is 6.17 Å². The summed E-state index contributed by atoms with van der Waals surface area (Å²) in [5.41, 5.74) is 0. The monoisotopic (exact) mass is 388 g/mol. The Bertz CT molecular complexity index is 681. The van der Waals surface area contributed by atoms with Crippen LogP contribution in [-0.4, -0.2) is 61.8 Å². The Hall–Kier alpha value is -1.40. The third-order valence-corrected chi connectivity index (χ3v) is 5.85. The van der Waals surface area contributed by atoms with E-state index in [1.807, 2.05) is 0 Å². The van der Waals surface area contributed by atoms with Crippen LogP contribution < -0.4 is 0 Å². The maximum absolute atomic E-state index is 13.2. The molecule has 142 valence electrons. The number of alkyl halides is 3. The molecule has 1 aliphatic heterocycles. The molecule has 2 bridgehead atoms. The highest BCUT2D eigenvalue weighted by Gasteiger charge is 2.62. The Kier molecular flexibility index (Phi) is 4.48. The minimum Gasteiger partial charge on any atom is -0.461 e. The van der Waals surface area contributed by atoms with E-state index in [-0.39, 0.29) is 23.7 Å². The maximum Gasteiger partial charge on any atom is 0.403 e. The van der Waals surface area contributed by atoms with E-state index >= 15 is 0 Å². The molecule has 2 saturated carbocycles. The maximum atomic E-state index is 13.2. The van der Waals surface area contributed by atoms with Crippen molar-refractivity contribution in [2.45, 2.75) is 36.5 Å². The van der Waals surface area contributed by atoms with Crippen LogP contribution in [0.4, 0.5) is 13.2 Å². The molecule has 25 heavy (non-hydrogen) atoms. The highest BCUT2D eigenvalue weighted by Crippen LogP contribution is 2.55. The molecule has 6 atom stereocenters. The molecule has 0 aromatic carbocycles. The molecule has 3 aliphatic rings. The largest absolute Gasteiger partial charge is 0.461 e. The van der Waals surface area contributed by atoms with E-state index in [9.17, 15) is 31.2 Å². The summed E-state index contributed by atoms with van der Waals surface area (Å²) in [5, 5.41) is -5.09. The smallest absolute Gasteiger partial charge is 0.403 e. The first-order valence-electron chi connectivity index (χ1n) is 7.49. The molecule has 6 unspecified atom stereocenters. The topological polar surface area (TPSA) is 116 Å². The lowest BCUT2D eigenvalue weighted by Gasteiger charge is -2.25. The Morgan fingerprint density at radius 2 is 2.08 bits per heavy atom. The van der Waals surface area contributed by atoms with Crippen LogP contribution in [0.5, 0.6) is 0 Å². The molecule has 1 N–H and O–H groups in total. The molecule has 0 amide bonds. The molecule has 0 radical (unpaired) electrons. The van der Waals surface area contributed by atoms with Crippen LogP contribution in [0.3, 0.4) is 0 Å². The molecule has 0 spiro atoms. The van der Waals surface area contributed by atoms with Gasteiger partial charge in [0.25, 0.3) is 0 Å². The summed E-state index contributed by atoms with van der Waals surface area (Å²) in [6.45, 7) is -2.25. The number of fused-ring (bicyclic) bond motifs is 1. The van der Waals surface area contributed by atoms with Gasteiger partial charge < -0.3 is 14.2 Å². The molecule has 3 rings (SSSR count). The zero-order valence-corrected chi connectivity index (χ0v) is 13.5. The standard InChI is InChI=1S/C13H15F3O8S/c14-8(13(15,16)25(19,20)21)3-22-9(17)4-23-10-5-1-6-7(2-5)12(18)24-11(6)10/h5-8,10-11H,1-4H2,(H,19,20,21). The number of hydrogen-bond donors (Lipinski definition) is 1. The van der Waals surface area contributed by atoms with Crippen molar-refractivity contribution >= 4 is 22.1 Å². The van der Waals surface area contributed by atoms with Gasteiger partial charge in [0, 0.05) is 5.92 Å². The van der Waals surface area contributed by atoms with Gasteiger partial charge >= 0.3 is 27.3 Å². The fourth-order valence-electron chi connectivity index (χ4n) is 3.76. The van der Waals surface area contributed by atoms with Gasteiger partial charge in [-0.25, -0.2) is 9.18 Å². The van der Waals surface area contributed by atoms with Gasteiger partial charge in [-0.05, 0) is 18.8 Å². The number of hydrogen-bond acceptors (Lipinski definition) is 7. The second-order valence-corrected chi connectivity index (χ2v) is 7.86. The summed E-state index contributed by atoms with van der Waals surface area (Å²) in [7, 11) is -5.97. The highest BCUT2D eigenvalue weighted by atomic mass is 32.2. The third kappa shape index (κ3) is 3.10. The lowest BCUT2D eigenvalue weighted by molar-refractivity contribution is -0.160. The highest BCUT2D eigenvalue weighted by molar-refractivity contribution is 7.86. The summed E-state index contributed by atoms with van der Waals surface area (Å²) >= 11 is 0. The number of esters is 2. The summed E-state index contributed by atoms with van der Waals surface area (Å²) in [4.78, 5) is 23.1. The fourth-order valence-corrected chi connectivity index (χ4v) is 4.15. The number of carbonyl (C=O) groups is 2. The summed E-state index contributed by atoms with van der Waals surface area (Å²) in [6.07, 6.45) is -3.08. The first-order valence-corrected chi connectivity index (χ1v) is 8.93. The van der Waals surface area contributed by atoms with E-state index in [4.69, 9.17) is 14.0 Å². The van der Waals surface area contributed by atoms with Crippen molar-refractivity contribution in [2.24, 2.45) is 17.8 Å². The van der Waals surface area contributed by atoms with Gasteiger partial charge in [-0.15, -0.1) is 0 Å². The van der Waals surface area contributed by atoms with Crippen LogP contribution in [-0.2, 0) is 33.9 Å². The van der Waals surface area contributed by atoms with Crippen molar-refractivity contribution in [3.8, 4) is 0 Å². The molecule has 0 aromatic heterocycles. The Morgan fingerprint density at radius 3 is 2.72 bits per heavy atom. The van der Waals surface area contributed by atoms with Crippen molar-refractivity contribution in [2.75, 3.05) is 13.2 Å². The van der Waals surface area contributed by atoms with Gasteiger partial charge in [-0.2, -0.15) is 17.2 Å². The Labute approximate surface area is 140 Å². The molecular weight excluding hydrogens is 373 g/mol. The van der Waals surface area contributed by atoms with Crippen molar-refractivity contribution < 1.29 is 49.9 Å². The number of halogens is 3. The van der Waals surface area contributed by atoms with Crippen molar-refractivity contribution in [1.82, 2.24) is 0 Å². The molecule has 8 nitrogen and oxygen atoms in total. The molecule has 1 saturated heterocycles. The summed E-state index contributed by atoms with van der Waals surface area (Å²) in [6, 6.07) is 0. The third-order valence-electron chi connectivity index (χ3n) is 4.91. The zero-order chi connectivity index (χ0) is 18.6. The number of ether oxygens (including phenoxy) is 3. The SMILES string of the molecule is O=C(COC1C2CC3C(=O)OC1C3C2)OCC(F)C(F)(F)S(=O)(=O)O. The van der Waals surface area contributed by atoms with Crippen LogP contribution in [0.1, 0.15) is 12.8 Å². The molecule has 1 heterocycles.